The summed E-state index contributed by atoms with van der Waals surface area (Å²) >= 11 is 11.9. The molecule has 1 fully saturated rings. The third-order valence-electron chi connectivity index (χ3n) is 5.27. The molecule has 0 unspecified atom stereocenters. The standard InChI is InChI=1S/C22H21Cl2N5O3/c23-16-8-5-13(9-17(16)24)10-26-19(30)11-28(14-6-7-14)20(31)12-29-18-4-2-1-3-15(18)21(27-29)22(25)32/h1-5,8-9,14H,6-7,10-12H2,(H2,25,32)(H,26,30). The molecule has 166 valence electrons. The fourth-order valence-corrected chi connectivity index (χ4v) is 3.84. The number of rotatable bonds is 8. The van der Waals surface area contributed by atoms with Crippen molar-refractivity contribution in [1.82, 2.24) is 20.0 Å². The molecular weight excluding hydrogens is 453 g/mol. The molecule has 0 bridgehead atoms. The number of fused-ring (bicyclic) bond motifs is 1. The monoisotopic (exact) mass is 473 g/mol. The highest BCUT2D eigenvalue weighted by molar-refractivity contribution is 6.42. The Morgan fingerprint density at radius 2 is 1.88 bits per heavy atom. The molecular formula is C22H21Cl2N5O3. The average molecular weight is 474 g/mol. The number of carbonyl (C=O) groups excluding carboxylic acids is 3. The minimum atomic E-state index is -0.659. The number of halogens is 2. The van der Waals surface area contributed by atoms with Crippen molar-refractivity contribution in [3.05, 3.63) is 63.8 Å². The van der Waals surface area contributed by atoms with Gasteiger partial charge in [0, 0.05) is 18.0 Å². The van der Waals surface area contributed by atoms with Gasteiger partial charge in [-0.3, -0.25) is 19.1 Å². The summed E-state index contributed by atoms with van der Waals surface area (Å²) in [5, 5.41) is 8.48. The van der Waals surface area contributed by atoms with Gasteiger partial charge >= 0.3 is 0 Å². The van der Waals surface area contributed by atoms with Crippen LogP contribution in [-0.4, -0.2) is 45.0 Å². The van der Waals surface area contributed by atoms with Crippen molar-refractivity contribution in [2.45, 2.75) is 32.0 Å². The fraction of sp³-hybridized carbons (Fsp3) is 0.273. The van der Waals surface area contributed by atoms with Gasteiger partial charge in [-0.15, -0.1) is 0 Å². The van der Waals surface area contributed by atoms with Crippen LogP contribution in [0.3, 0.4) is 0 Å². The van der Waals surface area contributed by atoms with Gasteiger partial charge in [0.2, 0.25) is 11.8 Å². The summed E-state index contributed by atoms with van der Waals surface area (Å²) in [6.07, 6.45) is 1.69. The van der Waals surface area contributed by atoms with Crippen molar-refractivity contribution >= 4 is 51.8 Å². The van der Waals surface area contributed by atoms with Crippen molar-refractivity contribution in [2.24, 2.45) is 5.73 Å². The number of nitrogens with two attached hydrogens (primary N) is 1. The minimum absolute atomic E-state index is 0.0238. The normalized spacial score (nSPS) is 13.2. The molecule has 1 aliphatic rings. The number of hydrogen-bond acceptors (Lipinski definition) is 4. The third kappa shape index (κ3) is 4.87. The van der Waals surface area contributed by atoms with E-state index in [0.717, 1.165) is 18.4 Å². The number of primary amides is 1. The molecule has 1 heterocycles. The highest BCUT2D eigenvalue weighted by Gasteiger charge is 2.34. The number of para-hydroxylation sites is 1. The summed E-state index contributed by atoms with van der Waals surface area (Å²) in [7, 11) is 0. The van der Waals surface area contributed by atoms with Gasteiger partial charge in [0.25, 0.3) is 5.91 Å². The Labute approximate surface area is 194 Å². The van der Waals surface area contributed by atoms with E-state index in [1.165, 1.54) is 4.68 Å². The van der Waals surface area contributed by atoms with Crippen molar-refractivity contribution in [2.75, 3.05) is 6.54 Å². The van der Waals surface area contributed by atoms with Crippen LogP contribution in [0.5, 0.6) is 0 Å². The predicted molar refractivity (Wildman–Crippen MR) is 121 cm³/mol. The van der Waals surface area contributed by atoms with Gasteiger partial charge in [-0.2, -0.15) is 5.10 Å². The van der Waals surface area contributed by atoms with E-state index in [2.05, 4.69) is 10.4 Å². The lowest BCUT2D eigenvalue weighted by Crippen LogP contribution is -2.43. The Balaban J connectivity index is 1.43. The second-order valence-electron chi connectivity index (χ2n) is 7.67. The van der Waals surface area contributed by atoms with Gasteiger partial charge in [-0.05, 0) is 36.6 Å². The molecule has 3 amide bonds. The van der Waals surface area contributed by atoms with E-state index in [9.17, 15) is 14.4 Å². The van der Waals surface area contributed by atoms with Gasteiger partial charge in [0.15, 0.2) is 5.69 Å². The Morgan fingerprint density at radius 1 is 1.12 bits per heavy atom. The van der Waals surface area contributed by atoms with Crippen LogP contribution < -0.4 is 11.1 Å². The zero-order valence-electron chi connectivity index (χ0n) is 17.1. The maximum absolute atomic E-state index is 13.0. The van der Waals surface area contributed by atoms with Crippen LogP contribution >= 0.6 is 23.2 Å². The van der Waals surface area contributed by atoms with Gasteiger partial charge in [-0.1, -0.05) is 47.5 Å². The molecule has 3 aromatic rings. The number of amides is 3. The molecule has 1 saturated carbocycles. The number of benzene rings is 2. The highest BCUT2D eigenvalue weighted by atomic mass is 35.5. The molecule has 2 aromatic carbocycles. The maximum atomic E-state index is 13.0. The quantitative estimate of drug-likeness (QED) is 0.523. The number of aromatic nitrogens is 2. The minimum Gasteiger partial charge on any atom is -0.364 e. The largest absolute Gasteiger partial charge is 0.364 e. The zero-order chi connectivity index (χ0) is 22.8. The van der Waals surface area contributed by atoms with Gasteiger partial charge in [0.1, 0.15) is 6.54 Å². The second-order valence-corrected chi connectivity index (χ2v) is 8.48. The van der Waals surface area contributed by atoms with Crippen LogP contribution in [0.15, 0.2) is 42.5 Å². The number of nitrogens with zero attached hydrogens (tertiary/aromatic N) is 3. The van der Waals surface area contributed by atoms with Crippen molar-refractivity contribution < 1.29 is 14.4 Å². The van der Waals surface area contributed by atoms with E-state index in [-0.39, 0.29) is 43.2 Å². The fourth-order valence-electron chi connectivity index (χ4n) is 3.52. The lowest BCUT2D eigenvalue weighted by Gasteiger charge is -2.22. The lowest BCUT2D eigenvalue weighted by molar-refractivity contribution is -0.137. The SMILES string of the molecule is NC(=O)c1nn(CC(=O)N(CC(=O)NCc2ccc(Cl)c(Cl)c2)C2CC2)c2ccccc12. The van der Waals surface area contributed by atoms with Gasteiger partial charge < -0.3 is 16.0 Å². The molecule has 0 radical (unpaired) electrons. The van der Waals surface area contributed by atoms with Crippen LogP contribution in [0.4, 0.5) is 0 Å². The van der Waals surface area contributed by atoms with Crippen LogP contribution in [0.1, 0.15) is 28.9 Å². The zero-order valence-corrected chi connectivity index (χ0v) is 18.6. The number of nitrogens with one attached hydrogen (secondary N) is 1. The summed E-state index contributed by atoms with van der Waals surface area (Å²) in [6, 6.07) is 12.2. The summed E-state index contributed by atoms with van der Waals surface area (Å²) < 4.78 is 1.46. The van der Waals surface area contributed by atoms with Crippen LogP contribution in [0, 0.1) is 0 Å². The molecule has 4 rings (SSSR count). The van der Waals surface area contributed by atoms with Crippen molar-refractivity contribution in [3.8, 4) is 0 Å². The summed E-state index contributed by atoms with van der Waals surface area (Å²) in [5.41, 5.74) is 6.98. The smallest absolute Gasteiger partial charge is 0.269 e. The van der Waals surface area contributed by atoms with Crippen LogP contribution in [-0.2, 0) is 22.7 Å². The van der Waals surface area contributed by atoms with E-state index in [4.69, 9.17) is 28.9 Å². The molecule has 3 N–H and O–H groups in total. The molecule has 0 atom stereocenters. The number of carbonyl (C=O) groups is 3. The Kier molecular flexibility index (Phi) is 6.34. The molecule has 32 heavy (non-hydrogen) atoms. The summed E-state index contributed by atoms with van der Waals surface area (Å²) in [5.74, 6) is -1.19. The molecule has 0 aliphatic heterocycles. The average Bonchev–Trinajstić information content (AvgIpc) is 3.54. The molecule has 0 saturated heterocycles. The van der Waals surface area contributed by atoms with Crippen molar-refractivity contribution in [3.63, 3.8) is 0 Å². The van der Waals surface area contributed by atoms with E-state index in [0.29, 0.717) is 20.9 Å². The first-order valence-electron chi connectivity index (χ1n) is 10.1. The predicted octanol–water partition coefficient (Wildman–Crippen LogP) is 2.75. The first-order chi connectivity index (χ1) is 15.3. The summed E-state index contributed by atoms with van der Waals surface area (Å²) in [6.45, 7) is 0.116. The van der Waals surface area contributed by atoms with E-state index >= 15 is 0 Å². The third-order valence-corrected chi connectivity index (χ3v) is 6.01. The van der Waals surface area contributed by atoms with Crippen molar-refractivity contribution in [1.29, 1.82) is 0 Å². The molecule has 8 nitrogen and oxygen atoms in total. The van der Waals surface area contributed by atoms with E-state index < -0.39 is 5.91 Å². The van der Waals surface area contributed by atoms with E-state index in [1.807, 2.05) is 0 Å². The molecule has 1 aliphatic carbocycles. The van der Waals surface area contributed by atoms with E-state index in [1.54, 1.807) is 47.4 Å². The second kappa shape index (κ2) is 9.18. The molecule has 0 spiro atoms. The topological polar surface area (TPSA) is 110 Å². The molecule has 1 aromatic heterocycles. The van der Waals surface area contributed by atoms with Gasteiger partial charge in [-0.25, -0.2) is 0 Å². The Morgan fingerprint density at radius 3 is 2.56 bits per heavy atom. The summed E-state index contributed by atoms with van der Waals surface area (Å²) in [4.78, 5) is 38.9. The van der Waals surface area contributed by atoms with Gasteiger partial charge in [0.05, 0.1) is 22.1 Å². The Bertz CT molecular complexity index is 1210. The number of hydrogen-bond donors (Lipinski definition) is 2. The maximum Gasteiger partial charge on any atom is 0.269 e. The van der Waals surface area contributed by atoms with Crippen LogP contribution in [0.2, 0.25) is 10.0 Å². The first kappa shape index (κ1) is 22.1. The highest BCUT2D eigenvalue weighted by Crippen LogP contribution is 2.27. The Hall–Kier alpha value is -3.10. The first-order valence-corrected chi connectivity index (χ1v) is 10.8. The van der Waals surface area contributed by atoms with Crippen LogP contribution in [0.25, 0.3) is 10.9 Å². The lowest BCUT2D eigenvalue weighted by atomic mass is 10.2. The molecule has 10 heteroatoms.